The summed E-state index contributed by atoms with van der Waals surface area (Å²) in [5, 5.41) is 27.5. The molecule has 0 aliphatic heterocycles. The molecule has 1 fully saturated rings. The van der Waals surface area contributed by atoms with Crippen LogP contribution in [-0.4, -0.2) is 37.3 Å². The first-order valence-corrected chi connectivity index (χ1v) is 8.06. The molecule has 3 rings (SSSR count). The first-order chi connectivity index (χ1) is 11.4. The van der Waals surface area contributed by atoms with E-state index >= 15 is 0 Å². The van der Waals surface area contributed by atoms with Crippen molar-refractivity contribution in [2.45, 2.75) is 57.2 Å². The maximum atomic E-state index is 12.1. The zero-order valence-corrected chi connectivity index (χ0v) is 13.8. The summed E-state index contributed by atoms with van der Waals surface area (Å²) >= 11 is 0. The smallest absolute Gasteiger partial charge is 0.320 e. The van der Waals surface area contributed by atoms with Crippen LogP contribution in [0, 0.1) is 0 Å². The molecule has 2 amide bonds. The molecule has 2 heterocycles. The summed E-state index contributed by atoms with van der Waals surface area (Å²) in [4.78, 5) is 12.1. The van der Waals surface area contributed by atoms with E-state index in [0.29, 0.717) is 11.5 Å². The Bertz CT molecular complexity index is 676. The Labute approximate surface area is 139 Å². The molecule has 0 bridgehead atoms. The Kier molecular flexibility index (Phi) is 4.52. The third-order valence-electron chi connectivity index (χ3n) is 4.20. The van der Waals surface area contributed by atoms with Gasteiger partial charge in [-0.2, -0.15) is 0 Å². The number of anilines is 1. The van der Waals surface area contributed by atoms with Gasteiger partial charge in [0.05, 0.1) is 18.3 Å². The van der Waals surface area contributed by atoms with Gasteiger partial charge in [-0.15, -0.1) is 5.10 Å². The number of hydrogen-bond donors (Lipinski definition) is 3. The SMILES string of the molecule is CC(C)(O)c1cn([C@@H]2CCCC[C@@H]2NC(=O)Nc2ccon2)nn1. The number of rotatable bonds is 4. The average molecular weight is 334 g/mol. The van der Waals surface area contributed by atoms with E-state index in [2.05, 4.69) is 26.1 Å². The quantitative estimate of drug-likeness (QED) is 0.784. The average Bonchev–Trinajstić information content (AvgIpc) is 3.18. The molecule has 0 saturated heterocycles. The highest BCUT2D eigenvalue weighted by atomic mass is 16.5. The van der Waals surface area contributed by atoms with E-state index in [4.69, 9.17) is 4.52 Å². The van der Waals surface area contributed by atoms with Crippen LogP contribution in [0.1, 0.15) is 51.3 Å². The number of carbonyl (C=O) groups excluding carboxylic acids is 1. The Morgan fingerprint density at radius 3 is 2.88 bits per heavy atom. The third-order valence-corrected chi connectivity index (χ3v) is 4.20. The molecule has 1 aliphatic rings. The maximum Gasteiger partial charge on any atom is 0.320 e. The van der Waals surface area contributed by atoms with Gasteiger partial charge in [-0.1, -0.05) is 23.2 Å². The molecule has 0 aromatic carbocycles. The zero-order chi connectivity index (χ0) is 17.2. The molecule has 0 radical (unpaired) electrons. The van der Waals surface area contributed by atoms with Crippen molar-refractivity contribution in [3.05, 3.63) is 24.2 Å². The largest absolute Gasteiger partial charge is 0.384 e. The lowest BCUT2D eigenvalue weighted by atomic mass is 9.90. The van der Waals surface area contributed by atoms with Crippen LogP contribution in [0.25, 0.3) is 0 Å². The predicted octanol–water partition coefficient (Wildman–Crippen LogP) is 1.80. The number of carbonyl (C=O) groups is 1. The van der Waals surface area contributed by atoms with Gasteiger partial charge in [0.25, 0.3) is 0 Å². The van der Waals surface area contributed by atoms with Crippen molar-refractivity contribution in [2.75, 3.05) is 5.32 Å². The van der Waals surface area contributed by atoms with Crippen LogP contribution in [0.3, 0.4) is 0 Å². The third kappa shape index (κ3) is 3.73. The van der Waals surface area contributed by atoms with E-state index in [0.717, 1.165) is 25.7 Å². The first-order valence-electron chi connectivity index (χ1n) is 8.06. The highest BCUT2D eigenvalue weighted by Gasteiger charge is 2.30. The number of aliphatic hydroxyl groups is 1. The van der Waals surface area contributed by atoms with E-state index in [-0.39, 0.29) is 18.1 Å². The van der Waals surface area contributed by atoms with Crippen LogP contribution < -0.4 is 10.6 Å². The van der Waals surface area contributed by atoms with E-state index in [1.165, 1.54) is 6.26 Å². The second-order valence-corrected chi connectivity index (χ2v) is 6.58. The number of nitrogens with zero attached hydrogens (tertiary/aromatic N) is 4. The van der Waals surface area contributed by atoms with Crippen LogP contribution in [0.5, 0.6) is 0 Å². The van der Waals surface area contributed by atoms with Crippen LogP contribution in [0.2, 0.25) is 0 Å². The minimum Gasteiger partial charge on any atom is -0.384 e. The normalized spacial score (nSPS) is 21.5. The van der Waals surface area contributed by atoms with Crippen molar-refractivity contribution >= 4 is 11.8 Å². The second kappa shape index (κ2) is 6.60. The number of hydrogen-bond acceptors (Lipinski definition) is 6. The van der Waals surface area contributed by atoms with Crippen molar-refractivity contribution in [3.8, 4) is 0 Å². The molecule has 2 atom stereocenters. The highest BCUT2D eigenvalue weighted by molar-refractivity contribution is 5.88. The number of nitrogens with one attached hydrogen (secondary N) is 2. The molecule has 1 saturated carbocycles. The fourth-order valence-corrected chi connectivity index (χ4v) is 2.91. The summed E-state index contributed by atoms with van der Waals surface area (Å²) in [7, 11) is 0. The molecule has 2 aromatic rings. The van der Waals surface area contributed by atoms with Crippen LogP contribution in [-0.2, 0) is 5.60 Å². The highest BCUT2D eigenvalue weighted by Crippen LogP contribution is 2.29. The molecule has 130 valence electrons. The predicted molar refractivity (Wildman–Crippen MR) is 85.2 cm³/mol. The zero-order valence-electron chi connectivity index (χ0n) is 13.8. The lowest BCUT2D eigenvalue weighted by Crippen LogP contribution is -2.45. The maximum absolute atomic E-state index is 12.1. The first kappa shape index (κ1) is 16.4. The Morgan fingerprint density at radius 1 is 1.42 bits per heavy atom. The molecule has 0 spiro atoms. The monoisotopic (exact) mass is 334 g/mol. The van der Waals surface area contributed by atoms with Crippen molar-refractivity contribution in [1.29, 1.82) is 0 Å². The number of amides is 2. The molecule has 0 unspecified atom stereocenters. The summed E-state index contributed by atoms with van der Waals surface area (Å²) in [5.74, 6) is 0.366. The van der Waals surface area contributed by atoms with Crippen molar-refractivity contribution < 1.29 is 14.4 Å². The summed E-state index contributed by atoms with van der Waals surface area (Å²) in [6, 6.07) is 1.18. The summed E-state index contributed by atoms with van der Waals surface area (Å²) in [5.41, 5.74) is -0.529. The van der Waals surface area contributed by atoms with Gasteiger partial charge < -0.3 is 14.9 Å². The molecule has 2 aromatic heterocycles. The van der Waals surface area contributed by atoms with Crippen LogP contribution in [0.4, 0.5) is 10.6 Å². The second-order valence-electron chi connectivity index (χ2n) is 6.58. The van der Waals surface area contributed by atoms with Gasteiger partial charge in [-0.3, -0.25) is 5.32 Å². The lowest BCUT2D eigenvalue weighted by molar-refractivity contribution is 0.0736. The molecule has 24 heavy (non-hydrogen) atoms. The fraction of sp³-hybridized carbons (Fsp3) is 0.600. The van der Waals surface area contributed by atoms with Gasteiger partial charge in [0.2, 0.25) is 0 Å². The minimum absolute atomic E-state index is 0.00501. The lowest BCUT2D eigenvalue weighted by Gasteiger charge is -2.31. The van der Waals surface area contributed by atoms with Gasteiger partial charge in [-0.05, 0) is 26.7 Å². The molecule has 9 heteroatoms. The topological polar surface area (TPSA) is 118 Å². The van der Waals surface area contributed by atoms with Gasteiger partial charge in [0.1, 0.15) is 17.6 Å². The van der Waals surface area contributed by atoms with Gasteiger partial charge in [0, 0.05) is 6.07 Å². The molecular weight excluding hydrogens is 312 g/mol. The summed E-state index contributed by atoms with van der Waals surface area (Å²) in [6.07, 6.45) is 6.99. The van der Waals surface area contributed by atoms with Crippen LogP contribution >= 0.6 is 0 Å². The van der Waals surface area contributed by atoms with Gasteiger partial charge >= 0.3 is 6.03 Å². The van der Waals surface area contributed by atoms with Crippen molar-refractivity contribution in [3.63, 3.8) is 0 Å². The van der Waals surface area contributed by atoms with E-state index in [9.17, 15) is 9.90 Å². The van der Waals surface area contributed by atoms with Gasteiger partial charge in [-0.25, -0.2) is 9.48 Å². The van der Waals surface area contributed by atoms with Crippen molar-refractivity contribution in [1.82, 2.24) is 25.5 Å². The minimum atomic E-state index is -1.04. The summed E-state index contributed by atoms with van der Waals surface area (Å²) < 4.78 is 6.44. The Hall–Kier alpha value is -2.42. The molecular formula is C15H22N6O3. The Balaban J connectivity index is 1.69. The van der Waals surface area contributed by atoms with Gasteiger partial charge in [0.15, 0.2) is 5.82 Å². The van der Waals surface area contributed by atoms with E-state index < -0.39 is 5.60 Å². The van der Waals surface area contributed by atoms with Crippen LogP contribution in [0.15, 0.2) is 23.0 Å². The molecule has 3 N–H and O–H groups in total. The molecule has 1 aliphatic carbocycles. The standard InChI is InChI=1S/C15H22N6O3/c1-15(2,23)12-9-21(20-18-12)11-6-4-3-5-10(11)16-14(22)17-13-7-8-24-19-13/h7-11,23H,3-6H2,1-2H3,(H2,16,17,19,22)/t10-,11+/m0/s1. The number of aromatic nitrogens is 4. The van der Waals surface area contributed by atoms with Crippen molar-refractivity contribution in [2.24, 2.45) is 0 Å². The van der Waals surface area contributed by atoms with E-state index in [1.807, 2.05) is 0 Å². The van der Waals surface area contributed by atoms with E-state index in [1.54, 1.807) is 30.8 Å². The Morgan fingerprint density at radius 2 is 2.21 bits per heavy atom. The fourth-order valence-electron chi connectivity index (χ4n) is 2.91. The summed E-state index contributed by atoms with van der Waals surface area (Å²) in [6.45, 7) is 3.34. The molecule has 9 nitrogen and oxygen atoms in total. The number of urea groups is 1.